The number of rotatable bonds is 3. The molecule has 0 aliphatic heterocycles. The van der Waals surface area contributed by atoms with E-state index in [-0.39, 0.29) is 29.7 Å². The van der Waals surface area contributed by atoms with Crippen molar-refractivity contribution in [3.05, 3.63) is 0 Å². The molecule has 146 valence electrons. The maximum atomic E-state index is 12.8. The molecule has 4 aliphatic carbocycles. The first-order valence-electron chi connectivity index (χ1n) is 11.0. The zero-order chi connectivity index (χ0) is 18.5. The Kier molecular flexibility index (Phi) is 4.72. The van der Waals surface area contributed by atoms with Gasteiger partial charge in [-0.25, -0.2) is 0 Å². The minimum atomic E-state index is -0.342. The molecule has 0 N–H and O–H groups in total. The number of esters is 1. The number of carbonyl (C=O) groups is 2. The Morgan fingerprint density at radius 1 is 0.885 bits per heavy atom. The maximum absolute atomic E-state index is 12.8. The molecule has 0 aromatic carbocycles. The lowest BCUT2D eigenvalue weighted by Crippen LogP contribution is -2.53. The summed E-state index contributed by atoms with van der Waals surface area (Å²) >= 11 is 0. The number of carbonyl (C=O) groups excluding carboxylic acids is 2. The van der Waals surface area contributed by atoms with E-state index in [2.05, 4.69) is 13.8 Å². The molecule has 3 nitrogen and oxygen atoms in total. The van der Waals surface area contributed by atoms with E-state index >= 15 is 0 Å². The quantitative estimate of drug-likeness (QED) is 0.652. The van der Waals surface area contributed by atoms with Crippen molar-refractivity contribution in [3.63, 3.8) is 0 Å². The van der Waals surface area contributed by atoms with Crippen LogP contribution in [-0.4, -0.2) is 18.4 Å². The van der Waals surface area contributed by atoms with Crippen LogP contribution in [0.1, 0.15) is 85.0 Å². The first kappa shape index (κ1) is 18.5. The van der Waals surface area contributed by atoms with E-state index < -0.39 is 0 Å². The highest BCUT2D eigenvalue weighted by molar-refractivity contribution is 5.85. The van der Waals surface area contributed by atoms with Gasteiger partial charge >= 0.3 is 5.97 Å². The summed E-state index contributed by atoms with van der Waals surface area (Å²) in [4.78, 5) is 23.9. The van der Waals surface area contributed by atoms with Crippen molar-refractivity contribution < 1.29 is 14.3 Å². The Labute approximate surface area is 158 Å². The summed E-state index contributed by atoms with van der Waals surface area (Å²) in [5.41, 5.74) is 0.693. The molecule has 26 heavy (non-hydrogen) atoms. The standard InChI is InChI=1S/C23H36O3/c1-15(24)26-14-21(25)20-10-9-18-17-8-7-16-6-4-5-12-22(16,2)19(17)11-13-23(18,20)3/h16-20H,4-14H2,1-3H3/t16-,17+,18+,19+,20-,22+,23+/m1/s1. The molecule has 4 fully saturated rings. The van der Waals surface area contributed by atoms with E-state index in [1.807, 2.05) is 0 Å². The smallest absolute Gasteiger partial charge is 0.303 e. The highest BCUT2D eigenvalue weighted by Crippen LogP contribution is 2.67. The van der Waals surface area contributed by atoms with Crippen LogP contribution in [0.4, 0.5) is 0 Å². The summed E-state index contributed by atoms with van der Waals surface area (Å²) in [7, 11) is 0. The lowest BCUT2D eigenvalue weighted by Gasteiger charge is -2.60. The molecule has 4 saturated carbocycles. The van der Waals surface area contributed by atoms with Gasteiger partial charge in [-0.2, -0.15) is 0 Å². The summed E-state index contributed by atoms with van der Waals surface area (Å²) in [6, 6.07) is 0. The van der Waals surface area contributed by atoms with Gasteiger partial charge in [0.1, 0.15) is 6.61 Å². The molecular weight excluding hydrogens is 324 g/mol. The fourth-order valence-corrected chi connectivity index (χ4v) is 8.10. The van der Waals surface area contributed by atoms with Crippen LogP contribution in [0.3, 0.4) is 0 Å². The van der Waals surface area contributed by atoms with Gasteiger partial charge in [-0.3, -0.25) is 9.59 Å². The van der Waals surface area contributed by atoms with Crippen molar-refractivity contribution in [2.45, 2.75) is 85.0 Å². The summed E-state index contributed by atoms with van der Waals surface area (Å²) in [6.45, 7) is 6.36. The molecule has 0 amide bonds. The van der Waals surface area contributed by atoms with Crippen LogP contribution in [0.5, 0.6) is 0 Å². The third kappa shape index (κ3) is 2.76. The van der Waals surface area contributed by atoms with Gasteiger partial charge in [0.2, 0.25) is 0 Å². The predicted molar refractivity (Wildman–Crippen MR) is 101 cm³/mol. The van der Waals surface area contributed by atoms with Crippen LogP contribution < -0.4 is 0 Å². The van der Waals surface area contributed by atoms with Crippen molar-refractivity contribution in [2.24, 2.45) is 40.4 Å². The van der Waals surface area contributed by atoms with E-state index in [1.54, 1.807) is 0 Å². The van der Waals surface area contributed by atoms with Gasteiger partial charge in [0, 0.05) is 12.8 Å². The lowest BCUT2D eigenvalue weighted by atomic mass is 9.45. The molecule has 4 rings (SSSR count). The molecule has 0 unspecified atom stereocenters. The van der Waals surface area contributed by atoms with Crippen LogP contribution in [0.15, 0.2) is 0 Å². The minimum Gasteiger partial charge on any atom is -0.458 e. The molecule has 0 saturated heterocycles. The van der Waals surface area contributed by atoms with Gasteiger partial charge in [-0.1, -0.05) is 26.7 Å². The highest BCUT2D eigenvalue weighted by atomic mass is 16.5. The van der Waals surface area contributed by atoms with Crippen LogP contribution in [0.2, 0.25) is 0 Å². The van der Waals surface area contributed by atoms with Gasteiger partial charge < -0.3 is 4.74 Å². The summed E-state index contributed by atoms with van der Waals surface area (Å²) in [5.74, 6) is 3.27. The Morgan fingerprint density at radius 3 is 2.42 bits per heavy atom. The number of hydrogen-bond donors (Lipinski definition) is 0. The molecule has 0 radical (unpaired) electrons. The predicted octanol–water partition coefficient (Wildman–Crippen LogP) is 5.17. The molecule has 4 aliphatic rings. The Bertz CT molecular complexity index is 584. The molecule has 0 aromatic rings. The number of fused-ring (bicyclic) bond motifs is 5. The Morgan fingerprint density at radius 2 is 1.65 bits per heavy atom. The van der Waals surface area contributed by atoms with E-state index in [1.165, 1.54) is 64.7 Å². The van der Waals surface area contributed by atoms with Gasteiger partial charge in [0.25, 0.3) is 0 Å². The zero-order valence-corrected chi connectivity index (χ0v) is 16.9. The highest BCUT2D eigenvalue weighted by Gasteiger charge is 2.60. The average Bonchev–Trinajstić information content (AvgIpc) is 2.96. The molecule has 0 spiro atoms. The molecule has 3 heteroatoms. The Balaban J connectivity index is 1.53. The van der Waals surface area contributed by atoms with E-state index in [0.29, 0.717) is 11.3 Å². The zero-order valence-electron chi connectivity index (χ0n) is 16.9. The monoisotopic (exact) mass is 360 g/mol. The second-order valence-corrected chi connectivity index (χ2v) is 10.3. The summed E-state index contributed by atoms with van der Waals surface area (Å²) < 4.78 is 5.05. The SMILES string of the molecule is CC(=O)OCC(=O)[C@H]1CC[C@H]2[C@@H]3CC[C@H]4CCCC[C@]4(C)[C@H]3CC[C@]12C. The van der Waals surface area contributed by atoms with Crippen molar-refractivity contribution in [3.8, 4) is 0 Å². The number of hydrogen-bond acceptors (Lipinski definition) is 3. The Hall–Kier alpha value is -0.860. The summed E-state index contributed by atoms with van der Waals surface area (Å²) in [5, 5.41) is 0. The van der Waals surface area contributed by atoms with Crippen LogP contribution in [0.25, 0.3) is 0 Å². The van der Waals surface area contributed by atoms with Crippen molar-refractivity contribution in [2.75, 3.05) is 6.61 Å². The summed E-state index contributed by atoms with van der Waals surface area (Å²) in [6.07, 6.45) is 13.2. The second kappa shape index (κ2) is 6.63. The normalized spacial score (nSPS) is 47.4. The van der Waals surface area contributed by atoms with Gasteiger partial charge in [-0.05, 0) is 85.9 Å². The largest absolute Gasteiger partial charge is 0.458 e. The molecule has 0 bridgehead atoms. The fraction of sp³-hybridized carbons (Fsp3) is 0.913. The number of ketones is 1. The minimum absolute atomic E-state index is 0.0177. The average molecular weight is 361 g/mol. The lowest BCUT2D eigenvalue weighted by molar-refractivity contribution is -0.150. The topological polar surface area (TPSA) is 43.4 Å². The molecule has 7 atom stereocenters. The van der Waals surface area contributed by atoms with Crippen LogP contribution in [-0.2, 0) is 14.3 Å². The van der Waals surface area contributed by atoms with Gasteiger partial charge in [0.05, 0.1) is 0 Å². The number of ether oxygens (including phenoxy) is 1. The molecule has 0 aromatic heterocycles. The third-order valence-electron chi connectivity index (χ3n) is 9.39. The van der Waals surface area contributed by atoms with E-state index in [4.69, 9.17) is 4.74 Å². The van der Waals surface area contributed by atoms with Crippen molar-refractivity contribution in [1.82, 2.24) is 0 Å². The molecule has 0 heterocycles. The van der Waals surface area contributed by atoms with Gasteiger partial charge in [0.15, 0.2) is 5.78 Å². The van der Waals surface area contributed by atoms with E-state index in [0.717, 1.165) is 24.2 Å². The van der Waals surface area contributed by atoms with Crippen LogP contribution in [0, 0.1) is 40.4 Å². The maximum Gasteiger partial charge on any atom is 0.303 e. The van der Waals surface area contributed by atoms with Crippen LogP contribution >= 0.6 is 0 Å². The van der Waals surface area contributed by atoms with E-state index in [9.17, 15) is 9.59 Å². The first-order chi connectivity index (χ1) is 12.4. The second-order valence-electron chi connectivity index (χ2n) is 10.3. The first-order valence-corrected chi connectivity index (χ1v) is 11.0. The van der Waals surface area contributed by atoms with Gasteiger partial charge in [-0.15, -0.1) is 0 Å². The van der Waals surface area contributed by atoms with Crippen molar-refractivity contribution in [1.29, 1.82) is 0 Å². The third-order valence-corrected chi connectivity index (χ3v) is 9.39. The fourth-order valence-electron chi connectivity index (χ4n) is 8.10. The molecular formula is C23H36O3. The number of Topliss-reactive ketones (excluding diaryl/α,β-unsaturated/α-hetero) is 1. The van der Waals surface area contributed by atoms with Crippen molar-refractivity contribution >= 4 is 11.8 Å².